The lowest BCUT2D eigenvalue weighted by molar-refractivity contribution is 0.396. The zero-order chi connectivity index (χ0) is 15.8. The summed E-state index contributed by atoms with van der Waals surface area (Å²) in [5.74, 6) is 0.154. The van der Waals surface area contributed by atoms with Crippen molar-refractivity contribution in [1.29, 1.82) is 0 Å². The highest BCUT2D eigenvalue weighted by Gasteiger charge is 2.36. The second-order valence-electron chi connectivity index (χ2n) is 8.45. The van der Waals surface area contributed by atoms with E-state index in [1.54, 1.807) is 6.07 Å². The molecule has 0 unspecified atom stereocenters. The molecule has 0 radical (unpaired) electrons. The Morgan fingerprint density at radius 1 is 0.864 bits per heavy atom. The fraction of sp³-hybridized carbons (Fsp3) is 0.700. The summed E-state index contributed by atoms with van der Waals surface area (Å²) < 4.78 is 0. The van der Waals surface area contributed by atoms with Gasteiger partial charge in [-0.25, -0.2) is 0 Å². The van der Waals surface area contributed by atoms with Crippen LogP contribution in [0.3, 0.4) is 0 Å². The van der Waals surface area contributed by atoms with Crippen LogP contribution in [-0.4, -0.2) is 10.2 Å². The lowest BCUT2D eigenvalue weighted by Gasteiger charge is -2.12. The largest absolute Gasteiger partial charge is 0.504 e. The molecule has 2 aliphatic carbocycles. The van der Waals surface area contributed by atoms with Crippen molar-refractivity contribution in [2.24, 2.45) is 10.8 Å². The van der Waals surface area contributed by atoms with E-state index in [1.165, 1.54) is 50.5 Å². The molecule has 122 valence electrons. The number of aromatic hydroxyl groups is 2. The zero-order valence-electron chi connectivity index (χ0n) is 14.1. The maximum absolute atomic E-state index is 10.1. The summed E-state index contributed by atoms with van der Waals surface area (Å²) in [5, 5.41) is 20.1. The molecule has 2 fully saturated rings. The van der Waals surface area contributed by atoms with Crippen LogP contribution in [0, 0.1) is 10.8 Å². The standard InChI is InChI=1S/C20H30O2/c1-19(9-10-19)7-3-5-15-13-16(18(22)17(21)14-15)6-4-8-20(2)11-12-20/h13-14,21-22H,3-12H2,1-2H3. The second-order valence-corrected chi connectivity index (χ2v) is 8.45. The Labute approximate surface area is 134 Å². The van der Waals surface area contributed by atoms with Gasteiger partial charge in [-0.3, -0.25) is 0 Å². The van der Waals surface area contributed by atoms with Crippen molar-refractivity contribution in [3.8, 4) is 11.5 Å². The van der Waals surface area contributed by atoms with E-state index in [2.05, 4.69) is 19.9 Å². The molecular weight excluding hydrogens is 272 g/mol. The first-order valence-electron chi connectivity index (χ1n) is 8.93. The van der Waals surface area contributed by atoms with Crippen molar-refractivity contribution >= 4 is 0 Å². The number of hydrogen-bond donors (Lipinski definition) is 2. The fourth-order valence-electron chi connectivity index (χ4n) is 3.43. The molecule has 0 amide bonds. The van der Waals surface area contributed by atoms with Gasteiger partial charge >= 0.3 is 0 Å². The number of aryl methyl sites for hydroxylation is 2. The Morgan fingerprint density at radius 2 is 1.41 bits per heavy atom. The Kier molecular flexibility index (Phi) is 4.13. The van der Waals surface area contributed by atoms with Crippen molar-refractivity contribution in [1.82, 2.24) is 0 Å². The van der Waals surface area contributed by atoms with Crippen molar-refractivity contribution in [2.45, 2.75) is 78.1 Å². The van der Waals surface area contributed by atoms with Crippen LogP contribution in [0.5, 0.6) is 11.5 Å². The highest BCUT2D eigenvalue weighted by atomic mass is 16.3. The Morgan fingerprint density at radius 3 is 1.95 bits per heavy atom. The van der Waals surface area contributed by atoms with Crippen LogP contribution < -0.4 is 0 Å². The van der Waals surface area contributed by atoms with Gasteiger partial charge in [-0.1, -0.05) is 19.9 Å². The molecule has 2 heteroatoms. The molecule has 2 saturated carbocycles. The first-order valence-corrected chi connectivity index (χ1v) is 8.93. The molecule has 1 aromatic rings. The van der Waals surface area contributed by atoms with Gasteiger partial charge in [-0.15, -0.1) is 0 Å². The van der Waals surface area contributed by atoms with Gasteiger partial charge in [0.1, 0.15) is 0 Å². The molecule has 0 spiro atoms. The van der Waals surface area contributed by atoms with Gasteiger partial charge in [0, 0.05) is 0 Å². The van der Waals surface area contributed by atoms with E-state index in [4.69, 9.17) is 0 Å². The summed E-state index contributed by atoms with van der Waals surface area (Å²) in [6, 6.07) is 3.86. The van der Waals surface area contributed by atoms with E-state index in [-0.39, 0.29) is 11.5 Å². The third kappa shape index (κ3) is 3.97. The molecule has 0 aromatic heterocycles. The molecule has 0 atom stereocenters. The first kappa shape index (κ1) is 15.7. The zero-order valence-corrected chi connectivity index (χ0v) is 14.1. The predicted octanol–water partition coefficient (Wildman–Crippen LogP) is 5.34. The minimum Gasteiger partial charge on any atom is -0.504 e. The second kappa shape index (κ2) is 5.79. The van der Waals surface area contributed by atoms with E-state index in [1.807, 2.05) is 0 Å². The Balaban J connectivity index is 1.56. The summed E-state index contributed by atoms with van der Waals surface area (Å²) >= 11 is 0. The van der Waals surface area contributed by atoms with Gasteiger partial charge in [-0.2, -0.15) is 0 Å². The molecule has 3 rings (SSSR count). The molecule has 2 N–H and O–H groups in total. The van der Waals surface area contributed by atoms with E-state index in [9.17, 15) is 10.2 Å². The number of hydrogen-bond acceptors (Lipinski definition) is 2. The van der Waals surface area contributed by atoms with Gasteiger partial charge in [0.2, 0.25) is 0 Å². The first-order chi connectivity index (χ1) is 10.4. The highest BCUT2D eigenvalue weighted by molar-refractivity contribution is 5.47. The average Bonchev–Trinajstić information content (AvgIpc) is 3.36. The Hall–Kier alpha value is -1.18. The Bertz CT molecular complexity index is 539. The van der Waals surface area contributed by atoms with Gasteiger partial charge in [-0.05, 0) is 92.2 Å². The molecule has 0 saturated heterocycles. The normalized spacial score (nSPS) is 20.8. The molecule has 0 bridgehead atoms. The van der Waals surface area contributed by atoms with Crippen LogP contribution in [0.2, 0.25) is 0 Å². The minimum absolute atomic E-state index is 0.0581. The molecular formula is C20H30O2. The van der Waals surface area contributed by atoms with Crippen molar-refractivity contribution in [3.63, 3.8) is 0 Å². The van der Waals surface area contributed by atoms with Crippen molar-refractivity contribution in [3.05, 3.63) is 23.3 Å². The summed E-state index contributed by atoms with van der Waals surface area (Å²) in [6.07, 6.45) is 12.1. The maximum atomic E-state index is 10.1. The number of benzene rings is 1. The third-order valence-corrected chi connectivity index (χ3v) is 5.91. The van der Waals surface area contributed by atoms with Gasteiger partial charge in [0.05, 0.1) is 0 Å². The van der Waals surface area contributed by atoms with Gasteiger partial charge < -0.3 is 10.2 Å². The summed E-state index contributed by atoms with van der Waals surface area (Å²) in [6.45, 7) is 4.71. The van der Waals surface area contributed by atoms with Crippen LogP contribution in [-0.2, 0) is 12.8 Å². The van der Waals surface area contributed by atoms with Gasteiger partial charge in [0.15, 0.2) is 11.5 Å². The van der Waals surface area contributed by atoms with E-state index in [0.29, 0.717) is 10.8 Å². The molecule has 0 aliphatic heterocycles. The SMILES string of the molecule is CC1(CCCc2cc(O)c(O)c(CCCC3(C)CC3)c2)CC1. The topological polar surface area (TPSA) is 40.5 Å². The van der Waals surface area contributed by atoms with Crippen LogP contribution >= 0.6 is 0 Å². The molecule has 2 nitrogen and oxygen atoms in total. The smallest absolute Gasteiger partial charge is 0.160 e. The van der Waals surface area contributed by atoms with Crippen LogP contribution in [0.15, 0.2) is 12.1 Å². The van der Waals surface area contributed by atoms with E-state index >= 15 is 0 Å². The number of phenolic OH excluding ortho intramolecular Hbond substituents is 2. The predicted molar refractivity (Wildman–Crippen MR) is 90.3 cm³/mol. The summed E-state index contributed by atoms with van der Waals surface area (Å²) in [4.78, 5) is 0. The lowest BCUT2D eigenvalue weighted by Crippen LogP contribution is -1.98. The lowest BCUT2D eigenvalue weighted by atomic mass is 9.95. The quantitative estimate of drug-likeness (QED) is 0.636. The summed E-state index contributed by atoms with van der Waals surface area (Å²) in [5.41, 5.74) is 3.26. The van der Waals surface area contributed by atoms with Crippen molar-refractivity contribution < 1.29 is 10.2 Å². The number of phenols is 2. The highest BCUT2D eigenvalue weighted by Crippen LogP contribution is 2.50. The molecule has 1 aromatic carbocycles. The van der Waals surface area contributed by atoms with Crippen LogP contribution in [0.4, 0.5) is 0 Å². The average molecular weight is 302 g/mol. The third-order valence-electron chi connectivity index (χ3n) is 5.91. The summed E-state index contributed by atoms with van der Waals surface area (Å²) in [7, 11) is 0. The molecule has 22 heavy (non-hydrogen) atoms. The maximum Gasteiger partial charge on any atom is 0.160 e. The molecule has 2 aliphatic rings. The van der Waals surface area contributed by atoms with Crippen molar-refractivity contribution in [2.75, 3.05) is 0 Å². The van der Waals surface area contributed by atoms with Crippen LogP contribution in [0.1, 0.15) is 76.3 Å². The van der Waals surface area contributed by atoms with E-state index in [0.717, 1.165) is 24.8 Å². The number of rotatable bonds is 8. The van der Waals surface area contributed by atoms with E-state index < -0.39 is 0 Å². The monoisotopic (exact) mass is 302 g/mol. The molecule has 0 heterocycles. The fourth-order valence-corrected chi connectivity index (χ4v) is 3.43. The minimum atomic E-state index is 0.0581. The van der Waals surface area contributed by atoms with Crippen LogP contribution in [0.25, 0.3) is 0 Å². The van der Waals surface area contributed by atoms with Gasteiger partial charge in [0.25, 0.3) is 0 Å².